The Hall–Kier alpha value is -2.88. The molecule has 0 radical (unpaired) electrons. The van der Waals surface area contributed by atoms with Gasteiger partial charge in [-0.25, -0.2) is 26.8 Å². The summed E-state index contributed by atoms with van der Waals surface area (Å²) in [6.07, 6.45) is 14.3. The average Bonchev–Trinajstić information content (AvgIpc) is 3.78. The monoisotopic (exact) mass is 700 g/mol. The van der Waals surface area contributed by atoms with Gasteiger partial charge in [-0.3, -0.25) is 9.97 Å². The van der Waals surface area contributed by atoms with E-state index in [1.165, 1.54) is 12.5 Å². The first kappa shape index (κ1) is 34.5. The number of nitrogens with zero attached hydrogens (tertiary/aromatic N) is 4. The minimum Gasteiger partial charge on any atom is -0.377 e. The van der Waals surface area contributed by atoms with Crippen molar-refractivity contribution in [3.63, 3.8) is 0 Å². The van der Waals surface area contributed by atoms with E-state index in [2.05, 4.69) is 19.9 Å². The van der Waals surface area contributed by atoms with Crippen LogP contribution in [0.2, 0.25) is 0 Å². The summed E-state index contributed by atoms with van der Waals surface area (Å²) in [6.45, 7) is 1.70. The molecule has 2 fully saturated rings. The third-order valence-electron chi connectivity index (χ3n) is 7.26. The standard InChI is InChI=1S/2C16H18N2O3S2/c2*1-23(19,20)14-6-4-12(5-7-14)15-9-17-10-16(18-15)22-11-13-3-2-8-21-13/h2*4-7,9-10,13H,2-3,8,11H2,1H3/t2*13-/m10/s1. The van der Waals surface area contributed by atoms with Gasteiger partial charge in [0.05, 0.1) is 58.2 Å². The molecule has 14 heteroatoms. The van der Waals surface area contributed by atoms with Crippen LogP contribution in [0, 0.1) is 0 Å². The van der Waals surface area contributed by atoms with E-state index < -0.39 is 19.7 Å². The van der Waals surface area contributed by atoms with Gasteiger partial charge in [-0.05, 0) is 49.9 Å². The fourth-order valence-electron chi connectivity index (χ4n) is 4.77. The van der Waals surface area contributed by atoms with Crippen molar-refractivity contribution in [3.05, 3.63) is 73.3 Å². The highest BCUT2D eigenvalue weighted by Crippen LogP contribution is 2.27. The van der Waals surface area contributed by atoms with Crippen molar-refractivity contribution in [1.29, 1.82) is 0 Å². The van der Waals surface area contributed by atoms with Crippen LogP contribution in [-0.4, -0.2) is 86.2 Å². The fourth-order valence-corrected chi connectivity index (χ4v) is 7.86. The van der Waals surface area contributed by atoms with Gasteiger partial charge in [-0.2, -0.15) is 0 Å². The second-order valence-corrected chi connectivity index (χ2v) is 17.1. The highest BCUT2D eigenvalue weighted by Gasteiger charge is 2.17. The third kappa shape index (κ3) is 10.1. The Kier molecular flexibility index (Phi) is 11.8. The van der Waals surface area contributed by atoms with Crippen molar-refractivity contribution in [2.45, 2.75) is 57.7 Å². The topological polar surface area (TPSA) is 138 Å². The predicted octanol–water partition coefficient (Wildman–Crippen LogP) is 5.64. The van der Waals surface area contributed by atoms with Crippen LogP contribution in [0.25, 0.3) is 22.5 Å². The number of hydrogen-bond acceptors (Lipinski definition) is 12. The van der Waals surface area contributed by atoms with Crippen LogP contribution in [0.15, 0.2) is 93.2 Å². The number of hydrogen-bond donors (Lipinski definition) is 0. The molecule has 2 aliphatic heterocycles. The smallest absolute Gasteiger partial charge is 0.175 e. The van der Waals surface area contributed by atoms with Crippen LogP contribution in [0.1, 0.15) is 25.7 Å². The number of rotatable bonds is 10. The number of ether oxygens (including phenoxy) is 2. The minimum atomic E-state index is -3.18. The van der Waals surface area contributed by atoms with E-state index in [0.717, 1.165) is 83.0 Å². The molecule has 46 heavy (non-hydrogen) atoms. The minimum absolute atomic E-state index is 0.304. The Balaban J connectivity index is 0.000000181. The molecular formula is C32H36N4O6S4. The zero-order valence-electron chi connectivity index (χ0n) is 25.6. The van der Waals surface area contributed by atoms with Gasteiger partial charge in [0.15, 0.2) is 19.7 Å². The molecule has 2 aromatic carbocycles. The number of aromatic nitrogens is 4. The van der Waals surface area contributed by atoms with Gasteiger partial charge in [0.1, 0.15) is 10.1 Å². The molecule has 0 saturated carbocycles. The molecule has 2 aliphatic rings. The van der Waals surface area contributed by atoms with Crippen molar-refractivity contribution in [3.8, 4) is 22.5 Å². The van der Waals surface area contributed by atoms with Gasteiger partial charge in [0.25, 0.3) is 0 Å². The van der Waals surface area contributed by atoms with Gasteiger partial charge in [0, 0.05) is 48.4 Å². The van der Waals surface area contributed by atoms with E-state index >= 15 is 0 Å². The Morgan fingerprint density at radius 3 is 1.35 bits per heavy atom. The van der Waals surface area contributed by atoms with Crippen LogP contribution in [0.5, 0.6) is 0 Å². The van der Waals surface area contributed by atoms with Gasteiger partial charge >= 0.3 is 0 Å². The van der Waals surface area contributed by atoms with E-state index in [0.29, 0.717) is 22.0 Å². The summed E-state index contributed by atoms with van der Waals surface area (Å²) in [7, 11) is -6.36. The Morgan fingerprint density at radius 2 is 1.02 bits per heavy atom. The first-order valence-electron chi connectivity index (χ1n) is 14.8. The lowest BCUT2D eigenvalue weighted by molar-refractivity contribution is 0.128. The van der Waals surface area contributed by atoms with Gasteiger partial charge in [-0.15, -0.1) is 23.5 Å². The lowest BCUT2D eigenvalue weighted by Gasteiger charge is -2.09. The first-order valence-corrected chi connectivity index (χ1v) is 20.5. The maximum Gasteiger partial charge on any atom is 0.175 e. The molecule has 0 unspecified atom stereocenters. The van der Waals surface area contributed by atoms with Crippen LogP contribution in [-0.2, 0) is 29.1 Å². The van der Waals surface area contributed by atoms with E-state index in [1.807, 2.05) is 0 Å². The zero-order chi connectivity index (χ0) is 32.6. The summed E-state index contributed by atoms with van der Waals surface area (Å²) in [6, 6.07) is 13.4. The van der Waals surface area contributed by atoms with E-state index in [-0.39, 0.29) is 0 Å². The Bertz CT molecular complexity index is 1680. The summed E-state index contributed by atoms with van der Waals surface area (Å²) >= 11 is 3.28. The van der Waals surface area contributed by atoms with Crippen molar-refractivity contribution in [1.82, 2.24) is 19.9 Å². The van der Waals surface area contributed by atoms with E-state index in [9.17, 15) is 16.8 Å². The van der Waals surface area contributed by atoms with Crippen LogP contribution < -0.4 is 0 Å². The van der Waals surface area contributed by atoms with E-state index in [4.69, 9.17) is 9.47 Å². The quantitative estimate of drug-likeness (QED) is 0.189. The summed E-state index contributed by atoms with van der Waals surface area (Å²) in [5.74, 6) is 1.76. The molecule has 2 saturated heterocycles. The molecular weight excluding hydrogens is 665 g/mol. The van der Waals surface area contributed by atoms with Crippen molar-refractivity contribution in [2.75, 3.05) is 37.2 Å². The second-order valence-electron chi connectivity index (χ2n) is 11.0. The summed E-state index contributed by atoms with van der Waals surface area (Å²) in [4.78, 5) is 18.3. The normalized spacial score (nSPS) is 18.2. The molecule has 2 aromatic heterocycles. The number of benzene rings is 2. The predicted molar refractivity (Wildman–Crippen MR) is 181 cm³/mol. The fraction of sp³-hybridized carbons (Fsp3) is 0.375. The highest BCUT2D eigenvalue weighted by molar-refractivity contribution is 7.99. The lowest BCUT2D eigenvalue weighted by Crippen LogP contribution is -2.08. The van der Waals surface area contributed by atoms with E-state index in [1.54, 1.807) is 96.8 Å². The maximum atomic E-state index is 11.5. The largest absolute Gasteiger partial charge is 0.377 e. The molecule has 0 aliphatic carbocycles. The summed E-state index contributed by atoms with van der Waals surface area (Å²) < 4.78 is 57.2. The number of thioether (sulfide) groups is 2. The molecule has 4 aromatic rings. The zero-order valence-corrected chi connectivity index (χ0v) is 28.9. The van der Waals surface area contributed by atoms with Crippen LogP contribution in [0.3, 0.4) is 0 Å². The maximum absolute atomic E-state index is 11.5. The Labute approximate surface area is 279 Å². The molecule has 0 amide bonds. The summed E-state index contributed by atoms with van der Waals surface area (Å²) in [5.41, 5.74) is 3.18. The highest BCUT2D eigenvalue weighted by atomic mass is 32.2. The first-order chi connectivity index (χ1) is 22.0. The second kappa shape index (κ2) is 15.8. The van der Waals surface area contributed by atoms with Crippen LogP contribution >= 0.6 is 23.5 Å². The molecule has 6 rings (SSSR count). The van der Waals surface area contributed by atoms with Crippen molar-refractivity contribution in [2.24, 2.45) is 0 Å². The third-order valence-corrected chi connectivity index (χ3v) is 11.6. The molecule has 2 atom stereocenters. The summed E-state index contributed by atoms with van der Waals surface area (Å²) in [5, 5.41) is 1.70. The van der Waals surface area contributed by atoms with Gasteiger partial charge < -0.3 is 9.47 Å². The molecule has 0 bridgehead atoms. The van der Waals surface area contributed by atoms with Crippen molar-refractivity contribution >= 4 is 43.2 Å². The van der Waals surface area contributed by atoms with Gasteiger partial charge in [0.2, 0.25) is 0 Å². The lowest BCUT2D eigenvalue weighted by atomic mass is 10.2. The van der Waals surface area contributed by atoms with Gasteiger partial charge in [-0.1, -0.05) is 24.3 Å². The molecule has 244 valence electrons. The molecule has 4 heterocycles. The van der Waals surface area contributed by atoms with Crippen molar-refractivity contribution < 1.29 is 26.3 Å². The SMILES string of the molecule is CS(=O)(=O)c1ccc(-c2cncc(SC[C@@H]3CCCO3)n2)cc1.CS(=O)(=O)c1ccc(-c2cncc(SC[C@H]3CCCO3)n2)cc1. The average molecular weight is 701 g/mol. The molecule has 10 nitrogen and oxygen atoms in total. The Morgan fingerprint density at radius 1 is 0.630 bits per heavy atom. The molecule has 0 spiro atoms. The number of sulfone groups is 2. The molecule has 0 N–H and O–H groups in total. The van der Waals surface area contributed by atoms with Crippen LogP contribution in [0.4, 0.5) is 0 Å².